The van der Waals surface area contributed by atoms with Gasteiger partial charge < -0.3 is 4.74 Å². The number of esters is 1. The second-order valence-electron chi connectivity index (χ2n) is 6.47. The minimum atomic E-state index is -0.544. The van der Waals surface area contributed by atoms with Gasteiger partial charge in [-0.2, -0.15) is 0 Å². The molecule has 7 heteroatoms. The van der Waals surface area contributed by atoms with Gasteiger partial charge in [-0.15, -0.1) is 0 Å². The van der Waals surface area contributed by atoms with Crippen LogP contribution in [0.5, 0.6) is 0 Å². The van der Waals surface area contributed by atoms with E-state index in [0.717, 1.165) is 16.8 Å². The molecule has 144 valence electrons. The molecule has 1 N–H and O–H groups in total. The quantitative estimate of drug-likeness (QED) is 0.527. The Labute approximate surface area is 167 Å². The molecule has 0 unspecified atom stereocenters. The molecule has 0 fully saturated rings. The Morgan fingerprint density at radius 2 is 1.89 bits per heavy atom. The molecule has 0 radical (unpaired) electrons. The first-order chi connectivity index (χ1) is 13.3. The van der Waals surface area contributed by atoms with Crippen LogP contribution in [0.15, 0.2) is 46.2 Å². The summed E-state index contributed by atoms with van der Waals surface area (Å²) in [5.74, 6) is -0.544. The van der Waals surface area contributed by atoms with Crippen molar-refractivity contribution in [1.82, 2.24) is 9.78 Å². The van der Waals surface area contributed by atoms with Crippen molar-refractivity contribution in [1.29, 1.82) is 0 Å². The molecule has 1 heterocycles. The van der Waals surface area contributed by atoms with Gasteiger partial charge in [0.2, 0.25) is 0 Å². The van der Waals surface area contributed by atoms with Gasteiger partial charge in [-0.1, -0.05) is 17.7 Å². The minimum Gasteiger partial charge on any atom is -0.465 e. The van der Waals surface area contributed by atoms with Crippen molar-refractivity contribution < 1.29 is 9.53 Å². The number of aryl methyl sites for hydroxylation is 3. The SMILES string of the molecule is COC(=O)c1cc(N=Cc2c(C)[nH]n(-c3ccc(C)c(C)c3)c2=O)ccc1Cl. The minimum absolute atomic E-state index is 0.202. The van der Waals surface area contributed by atoms with Crippen molar-refractivity contribution in [3.8, 4) is 5.69 Å². The highest BCUT2D eigenvalue weighted by molar-refractivity contribution is 6.33. The summed E-state index contributed by atoms with van der Waals surface area (Å²) in [5.41, 5.74) is 4.65. The number of ether oxygens (including phenoxy) is 1. The fourth-order valence-corrected chi connectivity index (χ4v) is 2.95. The van der Waals surface area contributed by atoms with Crippen molar-refractivity contribution in [3.63, 3.8) is 0 Å². The molecule has 0 bridgehead atoms. The monoisotopic (exact) mass is 397 g/mol. The lowest BCUT2D eigenvalue weighted by Crippen LogP contribution is -2.17. The summed E-state index contributed by atoms with van der Waals surface area (Å²) in [4.78, 5) is 28.9. The third kappa shape index (κ3) is 3.77. The average molecular weight is 398 g/mol. The highest BCUT2D eigenvalue weighted by Gasteiger charge is 2.13. The Kier molecular flexibility index (Phi) is 5.51. The van der Waals surface area contributed by atoms with E-state index in [1.54, 1.807) is 12.1 Å². The number of H-pyrrole nitrogens is 1. The van der Waals surface area contributed by atoms with Crippen LogP contribution in [0.1, 0.15) is 32.7 Å². The summed E-state index contributed by atoms with van der Waals surface area (Å²) >= 11 is 6.02. The lowest BCUT2D eigenvalue weighted by atomic mass is 10.1. The maximum atomic E-state index is 12.8. The highest BCUT2D eigenvalue weighted by Crippen LogP contribution is 2.23. The molecule has 28 heavy (non-hydrogen) atoms. The van der Waals surface area contributed by atoms with Crippen LogP contribution in [0.3, 0.4) is 0 Å². The van der Waals surface area contributed by atoms with Gasteiger partial charge in [-0.3, -0.25) is 14.9 Å². The van der Waals surface area contributed by atoms with Crippen LogP contribution in [0.25, 0.3) is 5.69 Å². The molecule has 0 saturated carbocycles. The fourth-order valence-electron chi connectivity index (χ4n) is 2.76. The van der Waals surface area contributed by atoms with E-state index in [1.165, 1.54) is 24.1 Å². The zero-order valence-corrected chi connectivity index (χ0v) is 16.8. The lowest BCUT2D eigenvalue weighted by molar-refractivity contribution is 0.0601. The normalized spacial score (nSPS) is 11.2. The van der Waals surface area contributed by atoms with Gasteiger partial charge in [0.15, 0.2) is 0 Å². The number of methoxy groups -OCH3 is 1. The van der Waals surface area contributed by atoms with Crippen LogP contribution >= 0.6 is 11.6 Å². The number of aromatic amines is 1. The van der Waals surface area contributed by atoms with Crippen LogP contribution in [0, 0.1) is 20.8 Å². The number of hydrogen-bond donors (Lipinski definition) is 1. The van der Waals surface area contributed by atoms with E-state index in [1.807, 2.05) is 39.0 Å². The first-order valence-corrected chi connectivity index (χ1v) is 9.00. The topological polar surface area (TPSA) is 76.4 Å². The van der Waals surface area contributed by atoms with Crippen LogP contribution < -0.4 is 5.56 Å². The van der Waals surface area contributed by atoms with Gasteiger partial charge in [0.25, 0.3) is 5.56 Å². The Morgan fingerprint density at radius 3 is 2.57 bits per heavy atom. The highest BCUT2D eigenvalue weighted by atomic mass is 35.5. The molecule has 0 amide bonds. The molecule has 6 nitrogen and oxygen atoms in total. The number of rotatable bonds is 4. The number of hydrogen-bond acceptors (Lipinski definition) is 4. The molecule has 2 aromatic carbocycles. The molecule has 0 aliphatic rings. The number of aliphatic imine (C=N–C) groups is 1. The lowest BCUT2D eigenvalue weighted by Gasteiger charge is -2.05. The van der Waals surface area contributed by atoms with Crippen LogP contribution in [0.4, 0.5) is 5.69 Å². The van der Waals surface area contributed by atoms with E-state index in [9.17, 15) is 9.59 Å². The van der Waals surface area contributed by atoms with Gasteiger partial charge in [0.1, 0.15) is 0 Å². The summed E-state index contributed by atoms with van der Waals surface area (Å²) in [5, 5.41) is 3.36. The number of nitrogens with zero attached hydrogens (tertiary/aromatic N) is 2. The van der Waals surface area contributed by atoms with Gasteiger partial charge in [-0.05, 0) is 62.2 Å². The number of nitrogens with one attached hydrogen (secondary N) is 1. The Morgan fingerprint density at radius 1 is 1.14 bits per heavy atom. The predicted octanol–water partition coefficient (Wildman–Crippen LogP) is 4.28. The summed E-state index contributed by atoms with van der Waals surface area (Å²) in [7, 11) is 1.28. The Hall–Kier alpha value is -3.12. The standard InChI is InChI=1S/C21H20ClN3O3/c1-12-5-7-16(9-13(12)2)25-20(26)18(14(3)24-25)11-23-15-6-8-19(22)17(10-15)21(27)28-4/h5-11,24H,1-4H3. The van der Waals surface area contributed by atoms with Crippen molar-refractivity contribution in [2.75, 3.05) is 7.11 Å². The second-order valence-corrected chi connectivity index (χ2v) is 6.88. The molecule has 0 atom stereocenters. The molecule has 0 saturated heterocycles. The number of halogens is 1. The number of aromatic nitrogens is 2. The maximum absolute atomic E-state index is 12.8. The van der Waals surface area contributed by atoms with Crippen molar-refractivity contribution in [2.45, 2.75) is 20.8 Å². The predicted molar refractivity (Wildman–Crippen MR) is 111 cm³/mol. The van der Waals surface area contributed by atoms with E-state index >= 15 is 0 Å². The van der Waals surface area contributed by atoms with Gasteiger partial charge in [-0.25, -0.2) is 9.48 Å². The number of benzene rings is 2. The fraction of sp³-hybridized carbons (Fsp3) is 0.190. The molecule has 0 spiro atoms. The molecular weight excluding hydrogens is 378 g/mol. The smallest absolute Gasteiger partial charge is 0.339 e. The molecule has 3 rings (SSSR count). The van der Waals surface area contributed by atoms with Crippen LogP contribution in [-0.2, 0) is 4.74 Å². The summed E-state index contributed by atoms with van der Waals surface area (Å²) in [6.07, 6.45) is 1.48. The maximum Gasteiger partial charge on any atom is 0.339 e. The number of carbonyl (C=O) groups excluding carboxylic acids is 1. The van der Waals surface area contributed by atoms with Crippen molar-refractivity contribution in [3.05, 3.63) is 79.7 Å². The average Bonchev–Trinajstić information content (AvgIpc) is 2.96. The van der Waals surface area contributed by atoms with Gasteiger partial charge in [0.05, 0.1) is 34.6 Å². The molecule has 0 aliphatic heterocycles. The van der Waals surface area contributed by atoms with E-state index in [-0.39, 0.29) is 16.1 Å². The first-order valence-electron chi connectivity index (χ1n) is 8.63. The molecule has 0 aliphatic carbocycles. The zero-order chi connectivity index (χ0) is 20.4. The van der Waals surface area contributed by atoms with Crippen LogP contribution in [0.2, 0.25) is 5.02 Å². The van der Waals surface area contributed by atoms with Gasteiger partial charge >= 0.3 is 5.97 Å². The summed E-state index contributed by atoms with van der Waals surface area (Å²) in [6.45, 7) is 5.83. The van der Waals surface area contributed by atoms with Crippen LogP contribution in [-0.4, -0.2) is 29.1 Å². The van der Waals surface area contributed by atoms with E-state index in [4.69, 9.17) is 16.3 Å². The molecule has 3 aromatic rings. The molecular formula is C21H20ClN3O3. The van der Waals surface area contributed by atoms with Crippen molar-refractivity contribution in [2.24, 2.45) is 4.99 Å². The second kappa shape index (κ2) is 7.86. The summed E-state index contributed by atoms with van der Waals surface area (Å²) < 4.78 is 6.20. The van der Waals surface area contributed by atoms with Gasteiger partial charge in [0, 0.05) is 11.9 Å². The molecule has 1 aromatic heterocycles. The number of carbonyl (C=O) groups is 1. The zero-order valence-electron chi connectivity index (χ0n) is 16.0. The third-order valence-electron chi connectivity index (χ3n) is 4.56. The van der Waals surface area contributed by atoms with E-state index in [0.29, 0.717) is 16.9 Å². The Bertz CT molecular complexity index is 1140. The van der Waals surface area contributed by atoms with E-state index < -0.39 is 5.97 Å². The van der Waals surface area contributed by atoms with Crippen molar-refractivity contribution >= 4 is 29.5 Å². The largest absolute Gasteiger partial charge is 0.465 e. The Balaban J connectivity index is 1.98. The first kappa shape index (κ1) is 19.6. The third-order valence-corrected chi connectivity index (χ3v) is 4.89. The van der Waals surface area contributed by atoms with E-state index in [2.05, 4.69) is 10.1 Å². The summed E-state index contributed by atoms with van der Waals surface area (Å²) in [6, 6.07) is 10.6.